The Kier molecular flexibility index (Phi) is 6.25. The van der Waals surface area contributed by atoms with Crippen molar-refractivity contribution in [1.29, 1.82) is 0 Å². The normalized spacial score (nSPS) is 27.0. The van der Waals surface area contributed by atoms with E-state index in [1.807, 2.05) is 0 Å². The second kappa shape index (κ2) is 8.78. The molecule has 4 rings (SSSR count). The molecule has 2 heterocycles. The van der Waals surface area contributed by atoms with Gasteiger partial charge in [-0.25, -0.2) is 8.42 Å². The number of carbonyl (C=O) groups excluding carboxylic acids is 2. The number of piperidine rings is 1. The lowest BCUT2D eigenvalue weighted by atomic mass is 9.87. The van der Waals surface area contributed by atoms with Gasteiger partial charge in [0.05, 0.1) is 16.5 Å². The Hall–Kier alpha value is -2.13. The molecule has 3 aliphatic rings. The van der Waals surface area contributed by atoms with Gasteiger partial charge in [-0.15, -0.1) is 0 Å². The summed E-state index contributed by atoms with van der Waals surface area (Å²) >= 11 is 0. The Morgan fingerprint density at radius 1 is 1.19 bits per heavy atom. The number of hydrogen-bond acceptors (Lipinski definition) is 5. The highest BCUT2D eigenvalue weighted by Gasteiger charge is 2.35. The molecule has 170 valence electrons. The van der Waals surface area contributed by atoms with Crippen LogP contribution in [0.25, 0.3) is 0 Å². The van der Waals surface area contributed by atoms with Crippen molar-refractivity contribution >= 4 is 27.5 Å². The van der Waals surface area contributed by atoms with E-state index in [9.17, 15) is 18.0 Å². The Morgan fingerprint density at radius 2 is 1.94 bits per heavy atom. The third-order valence-electron chi connectivity index (χ3n) is 6.64. The van der Waals surface area contributed by atoms with Crippen LogP contribution in [0.3, 0.4) is 0 Å². The number of rotatable bonds is 4. The molecule has 2 fully saturated rings. The van der Waals surface area contributed by atoms with Crippen LogP contribution in [-0.4, -0.2) is 50.3 Å². The monoisotopic (exact) mass is 449 g/mol. The quantitative estimate of drug-likeness (QED) is 0.735. The predicted octanol–water partition coefficient (Wildman–Crippen LogP) is 2.42. The number of carbonyl (C=O) groups is 2. The van der Waals surface area contributed by atoms with Crippen LogP contribution in [0.4, 0.5) is 5.69 Å². The summed E-state index contributed by atoms with van der Waals surface area (Å²) in [7, 11) is -3.79. The fourth-order valence-corrected chi connectivity index (χ4v) is 6.48. The fraction of sp³-hybridized carbons (Fsp3) is 0.636. The Labute approximate surface area is 183 Å². The van der Waals surface area contributed by atoms with Crippen LogP contribution in [0.1, 0.15) is 51.0 Å². The number of sulfonamides is 1. The predicted molar refractivity (Wildman–Crippen MR) is 116 cm³/mol. The number of ether oxygens (including phenoxy) is 1. The number of benzene rings is 1. The van der Waals surface area contributed by atoms with Crippen molar-refractivity contribution in [3.63, 3.8) is 0 Å². The molecule has 1 aromatic carbocycles. The van der Waals surface area contributed by atoms with Crippen LogP contribution in [-0.2, 0) is 19.6 Å². The van der Waals surface area contributed by atoms with E-state index in [1.165, 1.54) is 10.4 Å². The lowest BCUT2D eigenvalue weighted by Gasteiger charge is -2.34. The minimum absolute atomic E-state index is 0.0346. The lowest BCUT2D eigenvalue weighted by molar-refractivity contribution is -0.127. The molecule has 2 N–H and O–H groups in total. The van der Waals surface area contributed by atoms with Crippen molar-refractivity contribution in [2.45, 2.75) is 63.3 Å². The molecule has 9 heteroatoms. The maximum absolute atomic E-state index is 13.4. The third-order valence-corrected chi connectivity index (χ3v) is 8.65. The summed E-state index contributed by atoms with van der Waals surface area (Å²) in [4.78, 5) is 24.5. The number of amides is 2. The van der Waals surface area contributed by atoms with Gasteiger partial charge in [-0.2, -0.15) is 4.31 Å². The number of nitrogens with zero attached hydrogens (tertiary/aromatic N) is 1. The number of fused-ring (bicyclic) bond motifs is 1. The van der Waals surface area contributed by atoms with E-state index in [4.69, 9.17) is 4.74 Å². The van der Waals surface area contributed by atoms with Gasteiger partial charge >= 0.3 is 0 Å². The number of hydrogen-bond donors (Lipinski definition) is 2. The van der Waals surface area contributed by atoms with Gasteiger partial charge in [-0.1, -0.05) is 6.92 Å². The molecule has 1 atom stereocenters. The van der Waals surface area contributed by atoms with Gasteiger partial charge in [-0.3, -0.25) is 9.59 Å². The van der Waals surface area contributed by atoms with E-state index in [0.29, 0.717) is 42.3 Å². The summed E-state index contributed by atoms with van der Waals surface area (Å²) in [5.74, 6) is 0.422. The van der Waals surface area contributed by atoms with Gasteiger partial charge < -0.3 is 15.4 Å². The van der Waals surface area contributed by atoms with Gasteiger partial charge in [-0.05, 0) is 63.0 Å². The summed E-state index contributed by atoms with van der Waals surface area (Å²) in [6.07, 6.45) is 5.57. The number of aryl methyl sites for hydroxylation is 1. The zero-order valence-corrected chi connectivity index (χ0v) is 19.0. The van der Waals surface area contributed by atoms with Crippen molar-refractivity contribution in [2.75, 3.05) is 25.0 Å². The van der Waals surface area contributed by atoms with Crippen molar-refractivity contribution in [1.82, 2.24) is 9.62 Å². The maximum Gasteiger partial charge on any atom is 0.262 e. The van der Waals surface area contributed by atoms with Crippen LogP contribution in [0.2, 0.25) is 0 Å². The second-order valence-corrected chi connectivity index (χ2v) is 11.0. The van der Waals surface area contributed by atoms with E-state index in [1.54, 1.807) is 13.0 Å². The number of anilines is 1. The largest absolute Gasteiger partial charge is 0.482 e. The van der Waals surface area contributed by atoms with Crippen LogP contribution in [0, 0.1) is 18.8 Å². The molecule has 0 aromatic heterocycles. The zero-order valence-electron chi connectivity index (χ0n) is 18.1. The third kappa shape index (κ3) is 4.72. The van der Waals surface area contributed by atoms with Crippen molar-refractivity contribution in [3.05, 3.63) is 17.7 Å². The zero-order chi connectivity index (χ0) is 22.2. The van der Waals surface area contributed by atoms with Crippen LogP contribution >= 0.6 is 0 Å². The first-order valence-electron chi connectivity index (χ1n) is 11.1. The smallest absolute Gasteiger partial charge is 0.262 e. The topological polar surface area (TPSA) is 105 Å². The highest BCUT2D eigenvalue weighted by Crippen LogP contribution is 2.35. The molecule has 1 aromatic rings. The standard InChI is InChI=1S/C22H31N3O5S/c1-14-5-7-17(8-6-14)23-22(27)16-4-3-9-25(12-16)31(28,29)20-11-19-18(10-15(20)2)24-21(26)13-30-19/h10-11,14,16-17H,3-9,12-13H2,1-2H3,(H,23,27)(H,24,26). The highest BCUT2D eigenvalue weighted by atomic mass is 32.2. The fourth-order valence-electron chi connectivity index (χ4n) is 4.73. The molecule has 1 aliphatic carbocycles. The van der Waals surface area contributed by atoms with E-state index in [0.717, 1.165) is 25.7 Å². The average Bonchev–Trinajstić information content (AvgIpc) is 2.74. The summed E-state index contributed by atoms with van der Waals surface area (Å²) in [6.45, 7) is 4.38. The first-order chi connectivity index (χ1) is 14.7. The lowest BCUT2D eigenvalue weighted by Crippen LogP contribution is -2.48. The molecule has 0 radical (unpaired) electrons. The minimum atomic E-state index is -3.79. The van der Waals surface area contributed by atoms with Crippen LogP contribution in [0.15, 0.2) is 17.0 Å². The Bertz CT molecular complexity index is 970. The molecular formula is C22H31N3O5S. The SMILES string of the molecule is Cc1cc2c(cc1S(=O)(=O)N1CCCC(C(=O)NC3CCC(C)CC3)C1)OCC(=O)N2. The molecule has 2 amide bonds. The Morgan fingerprint density at radius 3 is 2.68 bits per heavy atom. The van der Waals surface area contributed by atoms with E-state index >= 15 is 0 Å². The van der Waals surface area contributed by atoms with Crippen molar-refractivity contribution in [3.8, 4) is 5.75 Å². The highest BCUT2D eigenvalue weighted by molar-refractivity contribution is 7.89. The first kappa shape index (κ1) is 22.1. The average molecular weight is 450 g/mol. The summed E-state index contributed by atoms with van der Waals surface area (Å²) in [6, 6.07) is 3.30. The van der Waals surface area contributed by atoms with E-state index < -0.39 is 10.0 Å². The van der Waals surface area contributed by atoms with Crippen molar-refractivity contribution in [2.24, 2.45) is 11.8 Å². The van der Waals surface area contributed by atoms with Crippen LogP contribution in [0.5, 0.6) is 5.75 Å². The maximum atomic E-state index is 13.4. The molecular weight excluding hydrogens is 418 g/mol. The van der Waals surface area contributed by atoms with Gasteiger partial charge in [0, 0.05) is 25.2 Å². The number of nitrogens with one attached hydrogen (secondary N) is 2. The first-order valence-corrected chi connectivity index (χ1v) is 12.6. The molecule has 31 heavy (non-hydrogen) atoms. The van der Waals surface area contributed by atoms with Gasteiger partial charge in [0.2, 0.25) is 15.9 Å². The molecule has 8 nitrogen and oxygen atoms in total. The van der Waals surface area contributed by atoms with E-state index in [-0.39, 0.29) is 41.8 Å². The summed E-state index contributed by atoms with van der Waals surface area (Å²) in [5.41, 5.74) is 1.01. The van der Waals surface area contributed by atoms with Crippen LogP contribution < -0.4 is 15.4 Å². The second-order valence-electron chi connectivity index (χ2n) is 9.12. The van der Waals surface area contributed by atoms with Gasteiger partial charge in [0.15, 0.2) is 6.61 Å². The van der Waals surface area contributed by atoms with Crippen molar-refractivity contribution < 1.29 is 22.7 Å². The summed E-state index contributed by atoms with van der Waals surface area (Å²) < 4.78 is 33.6. The molecule has 2 aliphatic heterocycles. The molecule has 0 bridgehead atoms. The molecule has 1 unspecified atom stereocenters. The summed E-state index contributed by atoms with van der Waals surface area (Å²) in [5, 5.41) is 5.85. The molecule has 0 spiro atoms. The Balaban J connectivity index is 1.47. The molecule has 1 saturated heterocycles. The van der Waals surface area contributed by atoms with Gasteiger partial charge in [0.1, 0.15) is 5.75 Å². The van der Waals surface area contributed by atoms with Gasteiger partial charge in [0.25, 0.3) is 5.91 Å². The van der Waals surface area contributed by atoms with E-state index in [2.05, 4.69) is 17.6 Å². The molecule has 1 saturated carbocycles. The minimum Gasteiger partial charge on any atom is -0.482 e.